The van der Waals surface area contributed by atoms with E-state index in [4.69, 9.17) is 11.6 Å². The summed E-state index contributed by atoms with van der Waals surface area (Å²) in [5.74, 6) is 0.257. The predicted molar refractivity (Wildman–Crippen MR) is 110 cm³/mol. The molecular weight excluding hydrogens is 372 g/mol. The van der Waals surface area contributed by atoms with Crippen LogP contribution >= 0.6 is 11.6 Å². The lowest BCUT2D eigenvalue weighted by Crippen LogP contribution is -2.35. The van der Waals surface area contributed by atoms with Crippen LogP contribution < -0.4 is 0 Å². The molecule has 1 aliphatic carbocycles. The normalized spacial score (nSPS) is 17.6. The second-order valence-corrected chi connectivity index (χ2v) is 8.23. The summed E-state index contributed by atoms with van der Waals surface area (Å²) in [6.07, 6.45) is 3.65. The number of amides is 2. The van der Waals surface area contributed by atoms with Crippen molar-refractivity contribution in [2.75, 3.05) is 6.54 Å². The zero-order valence-corrected chi connectivity index (χ0v) is 16.9. The van der Waals surface area contributed by atoms with Crippen molar-refractivity contribution in [3.63, 3.8) is 0 Å². The van der Waals surface area contributed by atoms with E-state index in [-0.39, 0.29) is 17.9 Å². The quantitative estimate of drug-likeness (QED) is 0.701. The van der Waals surface area contributed by atoms with Crippen LogP contribution in [0.25, 0.3) is 0 Å². The van der Waals surface area contributed by atoms with E-state index in [1.165, 1.54) is 0 Å². The molecule has 1 unspecified atom stereocenters. The molecule has 0 radical (unpaired) electrons. The number of hydrogen-bond donors (Lipinski definition) is 0. The van der Waals surface area contributed by atoms with Crippen LogP contribution in [0, 0.1) is 0 Å². The zero-order valence-electron chi connectivity index (χ0n) is 16.1. The van der Waals surface area contributed by atoms with Crippen molar-refractivity contribution in [2.24, 2.45) is 0 Å². The lowest BCUT2D eigenvalue weighted by Gasteiger charge is -2.30. The summed E-state index contributed by atoms with van der Waals surface area (Å²) in [5, 5.41) is 0.699. The molecule has 1 saturated carbocycles. The van der Waals surface area contributed by atoms with Crippen LogP contribution in [0.5, 0.6) is 0 Å². The Hall–Kier alpha value is -2.33. The van der Waals surface area contributed by atoms with Crippen LogP contribution in [0.4, 0.5) is 0 Å². The standard InChI is InChI=1S/C23H25ClN2O2/c1-16(18-7-9-20(24)10-8-18)26(21-11-12-21)23(28)19-5-2-4-17(14-19)15-25-13-3-6-22(25)27/h2,4-5,7-10,14,16,21H,3,6,11-13,15H2,1H3. The Morgan fingerprint density at radius 1 is 1.21 bits per heavy atom. The minimum atomic E-state index is -0.0129. The predicted octanol–water partition coefficient (Wildman–Crippen LogP) is 4.83. The minimum Gasteiger partial charge on any atom is -0.338 e. The molecule has 146 valence electrons. The van der Waals surface area contributed by atoms with Crippen LogP contribution in [0.1, 0.15) is 60.1 Å². The van der Waals surface area contributed by atoms with Gasteiger partial charge in [0.2, 0.25) is 5.91 Å². The van der Waals surface area contributed by atoms with Crippen molar-refractivity contribution in [3.8, 4) is 0 Å². The lowest BCUT2D eigenvalue weighted by molar-refractivity contribution is -0.128. The molecule has 1 aliphatic heterocycles. The highest BCUT2D eigenvalue weighted by molar-refractivity contribution is 6.30. The Morgan fingerprint density at radius 2 is 1.96 bits per heavy atom. The second kappa shape index (κ2) is 7.96. The number of benzene rings is 2. The van der Waals surface area contributed by atoms with Crippen LogP contribution in [0.15, 0.2) is 48.5 Å². The number of halogens is 1. The summed E-state index contributed by atoms with van der Waals surface area (Å²) in [6.45, 7) is 3.46. The molecule has 2 aliphatic rings. The molecule has 1 atom stereocenters. The molecule has 5 heteroatoms. The van der Waals surface area contributed by atoms with E-state index in [0.717, 1.165) is 36.9 Å². The van der Waals surface area contributed by atoms with Gasteiger partial charge in [0.05, 0.1) is 6.04 Å². The summed E-state index contributed by atoms with van der Waals surface area (Å²) in [7, 11) is 0. The van der Waals surface area contributed by atoms with E-state index in [0.29, 0.717) is 29.6 Å². The third-order valence-electron chi connectivity index (χ3n) is 5.66. The Bertz CT molecular complexity index is 876. The number of hydrogen-bond acceptors (Lipinski definition) is 2. The Balaban J connectivity index is 1.55. The maximum absolute atomic E-state index is 13.4. The summed E-state index contributed by atoms with van der Waals surface area (Å²) in [6, 6.07) is 15.7. The first kappa shape index (κ1) is 19.0. The molecule has 1 saturated heterocycles. The molecule has 0 spiro atoms. The fourth-order valence-electron chi connectivity index (χ4n) is 3.96. The molecule has 2 fully saturated rings. The minimum absolute atomic E-state index is 0.0129. The monoisotopic (exact) mass is 396 g/mol. The van der Waals surface area contributed by atoms with Gasteiger partial charge >= 0.3 is 0 Å². The Kier molecular flexibility index (Phi) is 5.40. The van der Waals surface area contributed by atoms with E-state index in [9.17, 15) is 9.59 Å². The summed E-state index contributed by atoms with van der Waals surface area (Å²) in [5.41, 5.74) is 2.79. The number of carbonyl (C=O) groups excluding carboxylic acids is 2. The third-order valence-corrected chi connectivity index (χ3v) is 5.92. The van der Waals surface area contributed by atoms with Crippen LogP contribution in [0.3, 0.4) is 0 Å². The highest BCUT2D eigenvalue weighted by Gasteiger charge is 2.36. The fraction of sp³-hybridized carbons (Fsp3) is 0.391. The number of rotatable bonds is 6. The first-order chi connectivity index (χ1) is 13.5. The lowest BCUT2D eigenvalue weighted by atomic mass is 10.0. The van der Waals surface area contributed by atoms with Crippen molar-refractivity contribution >= 4 is 23.4 Å². The highest BCUT2D eigenvalue weighted by Crippen LogP contribution is 2.36. The largest absolute Gasteiger partial charge is 0.338 e. The number of likely N-dealkylation sites (tertiary alicyclic amines) is 1. The molecule has 28 heavy (non-hydrogen) atoms. The third kappa shape index (κ3) is 4.07. The molecule has 0 aromatic heterocycles. The molecule has 2 amide bonds. The first-order valence-corrected chi connectivity index (χ1v) is 10.4. The topological polar surface area (TPSA) is 40.6 Å². The average molecular weight is 397 g/mol. The first-order valence-electron chi connectivity index (χ1n) is 9.98. The van der Waals surface area contributed by atoms with Crippen LogP contribution in [0.2, 0.25) is 5.02 Å². The van der Waals surface area contributed by atoms with Gasteiger partial charge in [0, 0.05) is 36.1 Å². The maximum Gasteiger partial charge on any atom is 0.254 e. The van der Waals surface area contributed by atoms with Gasteiger partial charge in [-0.15, -0.1) is 0 Å². The van der Waals surface area contributed by atoms with Gasteiger partial charge in [-0.3, -0.25) is 9.59 Å². The van der Waals surface area contributed by atoms with E-state index in [1.807, 2.05) is 58.3 Å². The molecule has 0 N–H and O–H groups in total. The van der Waals surface area contributed by atoms with Gasteiger partial charge in [-0.05, 0) is 61.6 Å². The SMILES string of the molecule is CC(c1ccc(Cl)cc1)N(C(=O)c1cccc(CN2CCCC2=O)c1)C1CC1. The molecule has 0 bridgehead atoms. The highest BCUT2D eigenvalue weighted by atomic mass is 35.5. The molecular formula is C23H25ClN2O2. The van der Waals surface area contributed by atoms with Crippen LogP contribution in [-0.4, -0.2) is 34.2 Å². The molecule has 2 aromatic rings. The Labute approximate surface area is 171 Å². The van der Waals surface area contributed by atoms with Crippen LogP contribution in [-0.2, 0) is 11.3 Å². The van der Waals surface area contributed by atoms with E-state index in [2.05, 4.69) is 6.92 Å². The molecule has 2 aromatic carbocycles. The van der Waals surface area contributed by atoms with E-state index >= 15 is 0 Å². The van der Waals surface area contributed by atoms with Crippen molar-refractivity contribution in [1.82, 2.24) is 9.80 Å². The summed E-state index contributed by atoms with van der Waals surface area (Å²) in [4.78, 5) is 29.2. The number of carbonyl (C=O) groups is 2. The molecule has 4 nitrogen and oxygen atoms in total. The van der Waals surface area contributed by atoms with E-state index in [1.54, 1.807) is 0 Å². The van der Waals surface area contributed by atoms with Crippen molar-refractivity contribution in [2.45, 2.75) is 51.2 Å². The van der Waals surface area contributed by atoms with Gasteiger partial charge in [0.25, 0.3) is 5.91 Å². The Morgan fingerprint density at radius 3 is 2.61 bits per heavy atom. The van der Waals surface area contributed by atoms with Crippen molar-refractivity contribution in [3.05, 3.63) is 70.2 Å². The second-order valence-electron chi connectivity index (χ2n) is 7.79. The molecule has 4 rings (SSSR count). The zero-order chi connectivity index (χ0) is 19.7. The van der Waals surface area contributed by atoms with Crippen molar-refractivity contribution < 1.29 is 9.59 Å². The molecule has 1 heterocycles. The van der Waals surface area contributed by atoms with Gasteiger partial charge in [-0.25, -0.2) is 0 Å². The fourth-order valence-corrected chi connectivity index (χ4v) is 4.08. The van der Waals surface area contributed by atoms with Gasteiger partial charge in [0.15, 0.2) is 0 Å². The average Bonchev–Trinajstić information content (AvgIpc) is 3.45. The summed E-state index contributed by atoms with van der Waals surface area (Å²) < 4.78 is 0. The summed E-state index contributed by atoms with van der Waals surface area (Å²) >= 11 is 6.02. The smallest absolute Gasteiger partial charge is 0.254 e. The van der Waals surface area contributed by atoms with Gasteiger partial charge in [-0.1, -0.05) is 35.9 Å². The van der Waals surface area contributed by atoms with E-state index < -0.39 is 0 Å². The number of nitrogens with zero attached hydrogens (tertiary/aromatic N) is 2. The van der Waals surface area contributed by atoms with Gasteiger partial charge in [0.1, 0.15) is 0 Å². The van der Waals surface area contributed by atoms with Gasteiger partial charge in [-0.2, -0.15) is 0 Å². The van der Waals surface area contributed by atoms with Crippen molar-refractivity contribution in [1.29, 1.82) is 0 Å². The van der Waals surface area contributed by atoms with Gasteiger partial charge < -0.3 is 9.80 Å². The maximum atomic E-state index is 13.4.